The van der Waals surface area contributed by atoms with Gasteiger partial charge in [0.1, 0.15) is 5.01 Å². The molecule has 6 nitrogen and oxygen atoms in total. The lowest BCUT2D eigenvalue weighted by Gasteiger charge is -2.18. The van der Waals surface area contributed by atoms with E-state index in [1.807, 2.05) is 4.90 Å². The van der Waals surface area contributed by atoms with Crippen LogP contribution in [0.3, 0.4) is 0 Å². The van der Waals surface area contributed by atoms with E-state index in [2.05, 4.69) is 15.5 Å². The van der Waals surface area contributed by atoms with E-state index in [1.54, 1.807) is 0 Å². The van der Waals surface area contributed by atoms with Crippen LogP contribution in [0, 0.1) is 17.8 Å². The number of hydrogen-bond acceptors (Lipinski definition) is 5. The molecule has 24 heavy (non-hydrogen) atoms. The highest BCUT2D eigenvalue weighted by molar-refractivity contribution is 7.15. The maximum absolute atomic E-state index is 12.5. The van der Waals surface area contributed by atoms with Crippen LogP contribution >= 0.6 is 11.3 Å². The molecule has 3 aliphatic heterocycles. The number of likely N-dealkylation sites (tertiary alicyclic amines) is 1. The minimum atomic E-state index is -0.0210. The molecule has 0 radical (unpaired) electrons. The zero-order valence-electron chi connectivity index (χ0n) is 13.8. The number of nitrogens with one attached hydrogen (secondary N) is 1. The van der Waals surface area contributed by atoms with Gasteiger partial charge in [-0.1, -0.05) is 37.0 Å². The molecule has 4 aliphatic rings. The van der Waals surface area contributed by atoms with Crippen molar-refractivity contribution in [1.82, 2.24) is 15.1 Å². The highest BCUT2D eigenvalue weighted by atomic mass is 32.1. The molecule has 1 N–H and O–H groups in total. The van der Waals surface area contributed by atoms with Crippen LogP contribution in [-0.2, 0) is 11.2 Å². The fourth-order valence-corrected chi connectivity index (χ4v) is 5.99. The Kier molecular flexibility index (Phi) is 3.74. The second kappa shape index (κ2) is 5.95. The van der Waals surface area contributed by atoms with Crippen molar-refractivity contribution in [2.45, 2.75) is 57.2 Å². The average Bonchev–Trinajstić information content (AvgIpc) is 3.36. The Morgan fingerprint density at radius 1 is 1.12 bits per heavy atom. The molecule has 1 aromatic heterocycles. The Bertz CT molecular complexity index is 612. The van der Waals surface area contributed by atoms with Crippen LogP contribution in [-0.4, -0.2) is 46.4 Å². The zero-order valence-corrected chi connectivity index (χ0v) is 14.6. The van der Waals surface area contributed by atoms with Gasteiger partial charge in [-0.05, 0) is 18.8 Å². The number of anilines is 1. The molecule has 4 heterocycles. The molecule has 1 saturated carbocycles. The number of fused-ring (bicyclic) bond motifs is 5. The van der Waals surface area contributed by atoms with Gasteiger partial charge in [-0.2, -0.15) is 0 Å². The van der Waals surface area contributed by atoms with Crippen molar-refractivity contribution in [3.05, 3.63) is 5.01 Å². The lowest BCUT2D eigenvalue weighted by molar-refractivity contribution is 0.0747. The van der Waals surface area contributed by atoms with Crippen molar-refractivity contribution in [2.24, 2.45) is 17.8 Å². The molecule has 2 bridgehead atoms. The number of amides is 2. The van der Waals surface area contributed by atoms with Crippen LogP contribution < -0.4 is 5.32 Å². The first kappa shape index (κ1) is 15.1. The number of ether oxygens (including phenoxy) is 1. The van der Waals surface area contributed by atoms with Gasteiger partial charge >= 0.3 is 6.03 Å². The quantitative estimate of drug-likeness (QED) is 0.912. The van der Waals surface area contributed by atoms with Gasteiger partial charge in [0, 0.05) is 31.3 Å². The first-order valence-electron chi connectivity index (χ1n) is 9.30. The first-order valence-corrected chi connectivity index (χ1v) is 10.1. The number of rotatable bonds is 3. The Labute approximate surface area is 146 Å². The van der Waals surface area contributed by atoms with Crippen molar-refractivity contribution in [3.8, 4) is 0 Å². The average molecular weight is 348 g/mol. The maximum atomic E-state index is 12.5. The number of aromatic nitrogens is 2. The van der Waals surface area contributed by atoms with Gasteiger partial charge in [0.2, 0.25) is 5.13 Å². The van der Waals surface area contributed by atoms with Crippen molar-refractivity contribution in [1.29, 1.82) is 0 Å². The fraction of sp³-hybridized carbons (Fsp3) is 0.824. The molecule has 0 spiro atoms. The van der Waals surface area contributed by atoms with Crippen molar-refractivity contribution in [2.75, 3.05) is 18.4 Å². The lowest BCUT2D eigenvalue weighted by Crippen LogP contribution is -2.35. The Morgan fingerprint density at radius 3 is 2.54 bits per heavy atom. The summed E-state index contributed by atoms with van der Waals surface area (Å²) < 4.78 is 5.97. The summed E-state index contributed by atoms with van der Waals surface area (Å²) in [6.07, 6.45) is 9.43. The summed E-state index contributed by atoms with van der Waals surface area (Å²) >= 11 is 1.54. The van der Waals surface area contributed by atoms with Gasteiger partial charge in [-0.15, -0.1) is 10.2 Å². The van der Waals surface area contributed by atoms with E-state index < -0.39 is 0 Å². The van der Waals surface area contributed by atoms with Gasteiger partial charge in [-0.3, -0.25) is 5.32 Å². The SMILES string of the molecule is O=C(Nc1nnc(CC2CCCC2)s1)N1CC2C3CCC(O3)C2C1. The second-order valence-electron chi connectivity index (χ2n) is 7.81. The van der Waals surface area contributed by atoms with Crippen molar-refractivity contribution in [3.63, 3.8) is 0 Å². The number of nitrogens with zero attached hydrogens (tertiary/aromatic N) is 3. The zero-order chi connectivity index (χ0) is 16.1. The molecule has 3 saturated heterocycles. The predicted molar refractivity (Wildman–Crippen MR) is 91.0 cm³/mol. The van der Waals surface area contributed by atoms with Crippen LogP contribution in [0.2, 0.25) is 0 Å². The third-order valence-corrected chi connectivity index (χ3v) is 7.22. The van der Waals surface area contributed by atoms with Gasteiger partial charge in [0.05, 0.1) is 12.2 Å². The largest absolute Gasteiger partial charge is 0.374 e. The summed E-state index contributed by atoms with van der Waals surface area (Å²) in [5, 5.41) is 13.1. The topological polar surface area (TPSA) is 67.4 Å². The van der Waals surface area contributed by atoms with Gasteiger partial charge in [0.25, 0.3) is 0 Å². The van der Waals surface area contributed by atoms with Crippen LogP contribution in [0.4, 0.5) is 9.93 Å². The van der Waals surface area contributed by atoms with E-state index in [-0.39, 0.29) is 6.03 Å². The third-order valence-electron chi connectivity index (χ3n) is 6.36. The van der Waals surface area contributed by atoms with Gasteiger partial charge in [-0.25, -0.2) is 4.79 Å². The third kappa shape index (κ3) is 2.62. The van der Waals surface area contributed by atoms with Gasteiger partial charge in [0.15, 0.2) is 0 Å². The van der Waals surface area contributed by atoms with Crippen LogP contribution in [0.5, 0.6) is 0 Å². The van der Waals surface area contributed by atoms with Crippen LogP contribution in [0.25, 0.3) is 0 Å². The lowest BCUT2D eigenvalue weighted by atomic mass is 9.82. The molecule has 7 heteroatoms. The number of urea groups is 1. The monoisotopic (exact) mass is 348 g/mol. The Morgan fingerprint density at radius 2 is 1.83 bits per heavy atom. The van der Waals surface area contributed by atoms with E-state index >= 15 is 0 Å². The minimum Gasteiger partial charge on any atom is -0.374 e. The van der Waals surface area contributed by atoms with E-state index in [9.17, 15) is 4.79 Å². The summed E-state index contributed by atoms with van der Waals surface area (Å²) in [6.45, 7) is 1.65. The highest BCUT2D eigenvalue weighted by Crippen LogP contribution is 2.47. The molecule has 1 aromatic rings. The number of hydrogen-bond donors (Lipinski definition) is 1. The summed E-state index contributed by atoms with van der Waals surface area (Å²) in [7, 11) is 0. The normalized spacial score (nSPS) is 34.9. The Hall–Kier alpha value is -1.21. The van der Waals surface area contributed by atoms with E-state index in [1.165, 1.54) is 49.9 Å². The highest BCUT2D eigenvalue weighted by Gasteiger charge is 2.53. The summed E-state index contributed by atoms with van der Waals surface area (Å²) in [6, 6.07) is -0.0210. The minimum absolute atomic E-state index is 0.0210. The Balaban J connectivity index is 1.18. The molecular weight excluding hydrogens is 324 g/mol. The van der Waals surface area contributed by atoms with Crippen LogP contribution in [0.15, 0.2) is 0 Å². The maximum Gasteiger partial charge on any atom is 0.323 e. The molecule has 0 aromatic carbocycles. The summed E-state index contributed by atoms with van der Waals surface area (Å²) in [5.41, 5.74) is 0. The van der Waals surface area contributed by atoms with Crippen molar-refractivity contribution >= 4 is 22.5 Å². The molecule has 130 valence electrons. The number of carbonyl (C=O) groups excluding carboxylic acids is 1. The number of carbonyl (C=O) groups is 1. The summed E-state index contributed by atoms with van der Waals surface area (Å²) in [5.74, 6) is 1.85. The molecule has 4 fully saturated rings. The molecule has 1 aliphatic carbocycles. The molecule has 4 atom stereocenters. The second-order valence-corrected chi connectivity index (χ2v) is 8.87. The standard InChI is InChI=1S/C17H24N4O2S/c22-17(21-8-11-12(9-21)14-6-5-13(11)23-14)18-16-20-19-15(24-16)7-10-3-1-2-4-10/h10-14H,1-9H2,(H,18,20,22). The summed E-state index contributed by atoms with van der Waals surface area (Å²) in [4.78, 5) is 14.5. The fourth-order valence-electron chi connectivity index (χ4n) is 5.14. The molecular formula is C17H24N4O2S. The van der Waals surface area contributed by atoms with Crippen molar-refractivity contribution < 1.29 is 9.53 Å². The predicted octanol–water partition coefficient (Wildman–Crippen LogP) is 2.91. The molecule has 4 unspecified atom stereocenters. The van der Waals surface area contributed by atoms with Crippen LogP contribution in [0.1, 0.15) is 43.5 Å². The van der Waals surface area contributed by atoms with Gasteiger partial charge < -0.3 is 9.64 Å². The van der Waals surface area contributed by atoms with E-state index in [0.29, 0.717) is 29.2 Å². The molecule has 5 rings (SSSR count). The first-order chi connectivity index (χ1) is 11.8. The smallest absolute Gasteiger partial charge is 0.323 e. The van der Waals surface area contributed by atoms with E-state index in [0.717, 1.165) is 30.4 Å². The molecule has 2 amide bonds. The van der Waals surface area contributed by atoms with E-state index in [4.69, 9.17) is 4.74 Å².